The van der Waals surface area contributed by atoms with Gasteiger partial charge in [-0.2, -0.15) is 0 Å². The fourth-order valence-electron chi connectivity index (χ4n) is 2.44. The third kappa shape index (κ3) is 4.35. The van der Waals surface area contributed by atoms with Crippen LogP contribution in [0.5, 0.6) is 0 Å². The SMILES string of the molecule is Cc1sc2ncnc(SCC(=O)NCCc3ccc(F)cc3)c2c1C. The highest BCUT2D eigenvalue weighted by molar-refractivity contribution is 8.00. The smallest absolute Gasteiger partial charge is 0.230 e. The van der Waals surface area contributed by atoms with Crippen LogP contribution in [0.2, 0.25) is 0 Å². The molecule has 1 N–H and O–H groups in total. The van der Waals surface area contributed by atoms with Crippen LogP contribution in [0.3, 0.4) is 0 Å². The van der Waals surface area contributed by atoms with E-state index in [4.69, 9.17) is 0 Å². The molecule has 0 aliphatic heterocycles. The quantitative estimate of drug-likeness (QED) is 0.524. The number of thioether (sulfide) groups is 1. The first-order valence-corrected chi connectivity index (χ1v) is 9.69. The monoisotopic (exact) mass is 375 g/mol. The van der Waals surface area contributed by atoms with Gasteiger partial charge in [0.15, 0.2) is 0 Å². The second-order valence-electron chi connectivity index (χ2n) is 5.66. The maximum atomic E-state index is 12.9. The average molecular weight is 375 g/mol. The van der Waals surface area contributed by atoms with Crippen LogP contribution in [0.4, 0.5) is 4.39 Å². The molecule has 0 saturated carbocycles. The number of amides is 1. The van der Waals surface area contributed by atoms with Gasteiger partial charge in [-0.3, -0.25) is 4.79 Å². The summed E-state index contributed by atoms with van der Waals surface area (Å²) in [4.78, 5) is 22.9. The maximum absolute atomic E-state index is 12.9. The van der Waals surface area contributed by atoms with Crippen LogP contribution in [0, 0.1) is 19.7 Å². The van der Waals surface area contributed by atoms with Crippen LogP contribution >= 0.6 is 23.1 Å². The third-order valence-electron chi connectivity index (χ3n) is 3.92. The Morgan fingerprint density at radius 1 is 1.24 bits per heavy atom. The lowest BCUT2D eigenvalue weighted by atomic mass is 10.1. The van der Waals surface area contributed by atoms with Gasteiger partial charge in [0, 0.05) is 16.8 Å². The van der Waals surface area contributed by atoms with Gasteiger partial charge in [-0.1, -0.05) is 23.9 Å². The molecular weight excluding hydrogens is 357 g/mol. The van der Waals surface area contributed by atoms with Crippen molar-refractivity contribution in [1.82, 2.24) is 15.3 Å². The van der Waals surface area contributed by atoms with Crippen molar-refractivity contribution in [3.8, 4) is 0 Å². The standard InChI is InChI=1S/C18H18FN3OS2/c1-11-12(2)25-18-16(11)17(21-10-22-18)24-9-15(23)20-8-7-13-3-5-14(19)6-4-13/h3-6,10H,7-9H2,1-2H3,(H,20,23). The van der Waals surface area contributed by atoms with Crippen molar-refractivity contribution in [3.05, 3.63) is 52.4 Å². The zero-order chi connectivity index (χ0) is 17.8. The molecule has 2 heterocycles. The molecule has 0 fully saturated rings. The number of fused-ring (bicyclic) bond motifs is 1. The number of hydrogen-bond acceptors (Lipinski definition) is 5. The van der Waals surface area contributed by atoms with Crippen molar-refractivity contribution < 1.29 is 9.18 Å². The first-order chi connectivity index (χ1) is 12.0. The molecule has 130 valence electrons. The van der Waals surface area contributed by atoms with Crippen molar-refractivity contribution in [3.63, 3.8) is 0 Å². The summed E-state index contributed by atoms with van der Waals surface area (Å²) in [7, 11) is 0. The van der Waals surface area contributed by atoms with E-state index in [1.807, 2.05) is 0 Å². The summed E-state index contributed by atoms with van der Waals surface area (Å²) >= 11 is 3.08. The van der Waals surface area contributed by atoms with E-state index in [1.54, 1.807) is 29.8 Å². The van der Waals surface area contributed by atoms with Gasteiger partial charge in [-0.15, -0.1) is 11.3 Å². The molecule has 0 unspecified atom stereocenters. The Bertz CT molecular complexity index is 893. The first-order valence-electron chi connectivity index (χ1n) is 7.89. The molecule has 0 aliphatic rings. The average Bonchev–Trinajstić information content (AvgIpc) is 2.90. The summed E-state index contributed by atoms with van der Waals surface area (Å²) in [6, 6.07) is 6.32. The van der Waals surface area contributed by atoms with Crippen molar-refractivity contribution >= 4 is 39.2 Å². The lowest BCUT2D eigenvalue weighted by Gasteiger charge is -2.06. The van der Waals surface area contributed by atoms with Crippen LogP contribution in [0.1, 0.15) is 16.0 Å². The van der Waals surface area contributed by atoms with E-state index >= 15 is 0 Å². The molecule has 0 aliphatic carbocycles. The Morgan fingerprint density at radius 3 is 2.76 bits per heavy atom. The summed E-state index contributed by atoms with van der Waals surface area (Å²) in [5.41, 5.74) is 2.18. The van der Waals surface area contributed by atoms with Gasteiger partial charge < -0.3 is 5.32 Å². The number of nitrogens with zero attached hydrogens (tertiary/aromatic N) is 2. The van der Waals surface area contributed by atoms with E-state index in [-0.39, 0.29) is 11.7 Å². The van der Waals surface area contributed by atoms with E-state index in [0.717, 1.165) is 20.8 Å². The van der Waals surface area contributed by atoms with Crippen LogP contribution in [0.15, 0.2) is 35.6 Å². The van der Waals surface area contributed by atoms with E-state index in [2.05, 4.69) is 29.1 Å². The van der Waals surface area contributed by atoms with Gasteiger partial charge >= 0.3 is 0 Å². The molecule has 0 bridgehead atoms. The Kier molecular flexibility index (Phi) is 5.65. The number of carbonyl (C=O) groups excluding carboxylic acids is 1. The second-order valence-corrected chi connectivity index (χ2v) is 7.82. The molecule has 1 amide bonds. The van der Waals surface area contributed by atoms with Gasteiger partial charge in [0.05, 0.1) is 5.75 Å². The van der Waals surface area contributed by atoms with E-state index in [0.29, 0.717) is 18.7 Å². The second kappa shape index (κ2) is 7.93. The van der Waals surface area contributed by atoms with Crippen LogP contribution < -0.4 is 5.32 Å². The van der Waals surface area contributed by atoms with E-state index in [9.17, 15) is 9.18 Å². The van der Waals surface area contributed by atoms with Crippen molar-refractivity contribution in [2.45, 2.75) is 25.3 Å². The van der Waals surface area contributed by atoms with Gasteiger partial charge in [0.2, 0.25) is 5.91 Å². The fourth-order valence-corrected chi connectivity index (χ4v) is 4.39. The Morgan fingerprint density at radius 2 is 2.00 bits per heavy atom. The normalized spacial score (nSPS) is 11.0. The minimum Gasteiger partial charge on any atom is -0.355 e. The lowest BCUT2D eigenvalue weighted by molar-refractivity contribution is -0.118. The summed E-state index contributed by atoms with van der Waals surface area (Å²) in [5, 5.41) is 4.79. The molecule has 25 heavy (non-hydrogen) atoms. The summed E-state index contributed by atoms with van der Waals surface area (Å²) in [5.74, 6) is 0.0203. The predicted molar refractivity (Wildman–Crippen MR) is 101 cm³/mol. The Hall–Kier alpha value is -1.99. The molecule has 7 heteroatoms. The molecule has 4 nitrogen and oxygen atoms in total. The van der Waals surface area contributed by atoms with Crippen molar-refractivity contribution in [1.29, 1.82) is 0 Å². The fraction of sp³-hybridized carbons (Fsp3) is 0.278. The van der Waals surface area contributed by atoms with E-state index < -0.39 is 0 Å². The number of halogens is 1. The highest BCUT2D eigenvalue weighted by atomic mass is 32.2. The maximum Gasteiger partial charge on any atom is 0.230 e. The third-order valence-corrected chi connectivity index (χ3v) is 6.02. The number of hydrogen-bond donors (Lipinski definition) is 1. The molecule has 2 aromatic heterocycles. The molecule has 0 spiro atoms. The molecule has 0 radical (unpaired) electrons. The van der Waals surface area contributed by atoms with Gasteiger partial charge in [-0.25, -0.2) is 14.4 Å². The molecule has 0 atom stereocenters. The number of nitrogens with one attached hydrogen (secondary N) is 1. The zero-order valence-electron chi connectivity index (χ0n) is 14.0. The van der Waals surface area contributed by atoms with Gasteiger partial charge in [0.25, 0.3) is 0 Å². The minimum absolute atomic E-state index is 0.0384. The van der Waals surface area contributed by atoms with Gasteiger partial charge in [0.1, 0.15) is 22.0 Å². The Balaban J connectivity index is 1.53. The van der Waals surface area contributed by atoms with Crippen LogP contribution in [-0.4, -0.2) is 28.2 Å². The number of benzene rings is 1. The predicted octanol–water partition coefficient (Wildman–Crippen LogP) is 3.90. The number of thiophene rings is 1. The number of aromatic nitrogens is 2. The van der Waals surface area contributed by atoms with Crippen LogP contribution in [0.25, 0.3) is 10.2 Å². The highest BCUT2D eigenvalue weighted by Crippen LogP contribution is 2.34. The zero-order valence-corrected chi connectivity index (χ0v) is 15.6. The molecular formula is C18H18FN3OS2. The highest BCUT2D eigenvalue weighted by Gasteiger charge is 2.13. The summed E-state index contributed by atoms with van der Waals surface area (Å²) in [6.07, 6.45) is 2.23. The number of aryl methyl sites for hydroxylation is 2. The first kappa shape index (κ1) is 17.8. The van der Waals surface area contributed by atoms with E-state index in [1.165, 1.54) is 34.3 Å². The summed E-state index contributed by atoms with van der Waals surface area (Å²) < 4.78 is 12.9. The lowest BCUT2D eigenvalue weighted by Crippen LogP contribution is -2.27. The topological polar surface area (TPSA) is 54.9 Å². The molecule has 0 saturated heterocycles. The largest absolute Gasteiger partial charge is 0.355 e. The van der Waals surface area contributed by atoms with Gasteiger partial charge in [-0.05, 0) is 43.5 Å². The number of rotatable bonds is 6. The molecule has 3 rings (SSSR count). The molecule has 1 aromatic carbocycles. The van der Waals surface area contributed by atoms with Crippen molar-refractivity contribution in [2.24, 2.45) is 0 Å². The van der Waals surface area contributed by atoms with Crippen molar-refractivity contribution in [2.75, 3.05) is 12.3 Å². The number of carbonyl (C=O) groups is 1. The van der Waals surface area contributed by atoms with Crippen LogP contribution in [-0.2, 0) is 11.2 Å². The summed E-state index contributed by atoms with van der Waals surface area (Å²) in [6.45, 7) is 4.66. The molecule has 3 aromatic rings. The Labute approximate surface area is 153 Å². The minimum atomic E-state index is -0.251.